The van der Waals surface area contributed by atoms with Crippen LogP contribution < -0.4 is 5.32 Å². The molecule has 0 atom stereocenters. The lowest BCUT2D eigenvalue weighted by atomic mass is 10.2. The van der Waals surface area contributed by atoms with Crippen molar-refractivity contribution in [3.8, 4) is 5.82 Å². The predicted octanol–water partition coefficient (Wildman–Crippen LogP) is 2.19. The highest BCUT2D eigenvalue weighted by molar-refractivity contribution is 7.90. The molecule has 1 N–H and O–H groups in total. The molecule has 0 fully saturated rings. The fourth-order valence-electron chi connectivity index (χ4n) is 2.45. The van der Waals surface area contributed by atoms with Crippen molar-refractivity contribution in [2.75, 3.05) is 11.6 Å². The molecule has 0 aliphatic heterocycles. The largest absolute Gasteiger partial charge is 0.375 e. The third kappa shape index (κ3) is 3.70. The van der Waals surface area contributed by atoms with Crippen LogP contribution in [0, 0.1) is 10.1 Å². The number of anilines is 1. The molecule has 10 heteroatoms. The number of nitrogens with one attached hydrogen (secondary N) is 1. The SMILES string of the molecule is CS(=O)(=O)c1cccc(NCc2ccnc(-n3cccn3)c2)c1[N+](=O)[O-]. The van der Waals surface area contributed by atoms with Gasteiger partial charge in [-0.25, -0.2) is 18.1 Å². The molecule has 0 unspecified atom stereocenters. The second kappa shape index (κ2) is 6.92. The lowest BCUT2D eigenvalue weighted by molar-refractivity contribution is -0.386. The van der Waals surface area contributed by atoms with Gasteiger partial charge in [0.2, 0.25) is 0 Å². The number of hydrogen-bond donors (Lipinski definition) is 1. The number of rotatable bonds is 6. The Morgan fingerprint density at radius 1 is 1.23 bits per heavy atom. The van der Waals surface area contributed by atoms with Crippen molar-refractivity contribution in [1.29, 1.82) is 0 Å². The van der Waals surface area contributed by atoms with E-state index in [1.54, 1.807) is 41.5 Å². The number of hydrogen-bond acceptors (Lipinski definition) is 7. The van der Waals surface area contributed by atoms with Crippen LogP contribution in [0.3, 0.4) is 0 Å². The Labute approximate surface area is 149 Å². The second-order valence-electron chi connectivity index (χ2n) is 5.51. The van der Waals surface area contributed by atoms with Gasteiger partial charge in [-0.15, -0.1) is 0 Å². The fraction of sp³-hybridized carbons (Fsp3) is 0.125. The zero-order valence-corrected chi connectivity index (χ0v) is 14.5. The summed E-state index contributed by atoms with van der Waals surface area (Å²) < 4.78 is 25.2. The van der Waals surface area contributed by atoms with E-state index in [0.29, 0.717) is 5.82 Å². The summed E-state index contributed by atoms with van der Waals surface area (Å²) in [5, 5.41) is 18.4. The molecule has 9 nitrogen and oxygen atoms in total. The molecule has 2 heterocycles. The molecule has 0 spiro atoms. The molecule has 26 heavy (non-hydrogen) atoms. The topological polar surface area (TPSA) is 120 Å². The van der Waals surface area contributed by atoms with Crippen LogP contribution in [-0.2, 0) is 16.4 Å². The van der Waals surface area contributed by atoms with Gasteiger partial charge in [0.1, 0.15) is 10.6 Å². The number of para-hydroxylation sites is 1. The highest BCUT2D eigenvalue weighted by atomic mass is 32.2. The number of pyridine rings is 1. The number of sulfone groups is 1. The molecule has 1 aromatic carbocycles. The summed E-state index contributed by atoms with van der Waals surface area (Å²) in [6, 6.07) is 9.47. The minimum Gasteiger partial charge on any atom is -0.375 e. The first-order valence-corrected chi connectivity index (χ1v) is 9.41. The fourth-order valence-corrected chi connectivity index (χ4v) is 3.31. The van der Waals surface area contributed by atoms with Gasteiger partial charge >= 0.3 is 5.69 Å². The van der Waals surface area contributed by atoms with Crippen molar-refractivity contribution >= 4 is 21.2 Å². The summed E-state index contributed by atoms with van der Waals surface area (Å²) in [6.07, 6.45) is 5.93. The third-order valence-corrected chi connectivity index (χ3v) is 4.74. The average Bonchev–Trinajstić information content (AvgIpc) is 3.13. The smallest absolute Gasteiger partial charge is 0.310 e. The highest BCUT2D eigenvalue weighted by Crippen LogP contribution is 2.32. The Kier molecular flexibility index (Phi) is 4.67. The van der Waals surface area contributed by atoms with Gasteiger partial charge in [0, 0.05) is 31.4 Å². The molecule has 0 bridgehead atoms. The van der Waals surface area contributed by atoms with Crippen LogP contribution in [0.2, 0.25) is 0 Å². The van der Waals surface area contributed by atoms with Crippen molar-refractivity contribution in [1.82, 2.24) is 14.8 Å². The second-order valence-corrected chi connectivity index (χ2v) is 7.49. The van der Waals surface area contributed by atoms with Gasteiger partial charge in [0.15, 0.2) is 15.7 Å². The van der Waals surface area contributed by atoms with E-state index < -0.39 is 20.4 Å². The molecule has 0 amide bonds. The first-order chi connectivity index (χ1) is 12.4. The van der Waals surface area contributed by atoms with Crippen LogP contribution >= 0.6 is 0 Å². The predicted molar refractivity (Wildman–Crippen MR) is 94.9 cm³/mol. The van der Waals surface area contributed by atoms with Crippen LogP contribution in [-0.4, -0.2) is 34.4 Å². The van der Waals surface area contributed by atoms with E-state index in [2.05, 4.69) is 15.4 Å². The Bertz CT molecular complexity index is 1050. The van der Waals surface area contributed by atoms with Gasteiger partial charge in [-0.05, 0) is 35.9 Å². The molecule has 2 aromatic heterocycles. The van der Waals surface area contributed by atoms with E-state index in [-0.39, 0.29) is 17.1 Å². The third-order valence-electron chi connectivity index (χ3n) is 3.61. The number of nitrogens with zero attached hydrogens (tertiary/aromatic N) is 4. The van der Waals surface area contributed by atoms with Gasteiger partial charge in [0.25, 0.3) is 0 Å². The summed E-state index contributed by atoms with van der Waals surface area (Å²) in [5.41, 5.74) is 0.483. The molecular weight excluding hydrogens is 358 g/mol. The molecule has 134 valence electrons. The monoisotopic (exact) mass is 373 g/mol. The lowest BCUT2D eigenvalue weighted by Gasteiger charge is -2.10. The number of aromatic nitrogens is 3. The van der Waals surface area contributed by atoms with E-state index in [1.807, 2.05) is 0 Å². The molecule has 3 rings (SSSR count). The summed E-state index contributed by atoms with van der Waals surface area (Å²) in [7, 11) is -3.72. The molecule has 0 radical (unpaired) electrons. The van der Waals surface area contributed by atoms with E-state index in [4.69, 9.17) is 0 Å². The molecular formula is C16H15N5O4S. The van der Waals surface area contributed by atoms with E-state index in [1.165, 1.54) is 18.2 Å². The standard InChI is InChI=1S/C16H15N5O4S/c1-26(24,25)14-5-2-4-13(16(14)21(22)23)18-11-12-6-8-17-15(10-12)20-9-3-7-19-20/h2-10,18H,11H2,1H3. The Balaban J connectivity index is 1.89. The maximum Gasteiger partial charge on any atom is 0.310 e. The first-order valence-electron chi connectivity index (χ1n) is 7.52. The van der Waals surface area contributed by atoms with Crippen molar-refractivity contribution < 1.29 is 13.3 Å². The molecule has 3 aromatic rings. The summed E-state index contributed by atoms with van der Waals surface area (Å²) in [6.45, 7) is 0.255. The maximum absolute atomic E-state index is 11.8. The van der Waals surface area contributed by atoms with Crippen LogP contribution in [0.4, 0.5) is 11.4 Å². The number of benzene rings is 1. The van der Waals surface area contributed by atoms with Crippen molar-refractivity contribution in [2.24, 2.45) is 0 Å². The van der Waals surface area contributed by atoms with Crippen LogP contribution in [0.25, 0.3) is 5.82 Å². The van der Waals surface area contributed by atoms with Crippen molar-refractivity contribution in [3.05, 3.63) is 70.7 Å². The van der Waals surface area contributed by atoms with Gasteiger partial charge in [0.05, 0.1) is 4.92 Å². The van der Waals surface area contributed by atoms with E-state index >= 15 is 0 Å². The number of nitro benzene ring substituents is 1. The highest BCUT2D eigenvalue weighted by Gasteiger charge is 2.25. The Morgan fingerprint density at radius 2 is 2.04 bits per heavy atom. The van der Waals surface area contributed by atoms with Crippen LogP contribution in [0.5, 0.6) is 0 Å². The van der Waals surface area contributed by atoms with Gasteiger partial charge in [-0.1, -0.05) is 6.07 Å². The summed E-state index contributed by atoms with van der Waals surface area (Å²) in [5.74, 6) is 0.605. The zero-order valence-electron chi connectivity index (χ0n) is 13.7. The summed E-state index contributed by atoms with van der Waals surface area (Å²) >= 11 is 0. The minimum atomic E-state index is -3.72. The van der Waals surface area contributed by atoms with Gasteiger partial charge in [-0.2, -0.15) is 5.10 Å². The first kappa shape index (κ1) is 17.5. The number of nitro groups is 1. The average molecular weight is 373 g/mol. The Hall–Kier alpha value is -3.27. The summed E-state index contributed by atoms with van der Waals surface area (Å²) in [4.78, 5) is 14.6. The maximum atomic E-state index is 11.8. The van der Waals surface area contributed by atoms with Gasteiger partial charge in [-0.3, -0.25) is 10.1 Å². The molecule has 0 aliphatic rings. The zero-order chi connectivity index (χ0) is 18.7. The van der Waals surface area contributed by atoms with E-state index in [9.17, 15) is 18.5 Å². The van der Waals surface area contributed by atoms with Crippen molar-refractivity contribution in [3.63, 3.8) is 0 Å². The Morgan fingerprint density at radius 3 is 2.69 bits per heavy atom. The molecule has 0 saturated heterocycles. The molecule has 0 aliphatic carbocycles. The van der Waals surface area contributed by atoms with Crippen LogP contribution in [0.15, 0.2) is 59.9 Å². The van der Waals surface area contributed by atoms with Gasteiger partial charge < -0.3 is 5.32 Å². The molecule has 0 saturated carbocycles. The minimum absolute atomic E-state index is 0.135. The lowest BCUT2D eigenvalue weighted by Crippen LogP contribution is -2.08. The normalized spacial score (nSPS) is 11.3. The van der Waals surface area contributed by atoms with E-state index in [0.717, 1.165) is 11.8 Å². The van der Waals surface area contributed by atoms with Crippen molar-refractivity contribution in [2.45, 2.75) is 11.4 Å². The van der Waals surface area contributed by atoms with Crippen LogP contribution in [0.1, 0.15) is 5.56 Å². The quantitative estimate of drug-likeness (QED) is 0.519.